The van der Waals surface area contributed by atoms with Gasteiger partial charge in [0.25, 0.3) is 5.91 Å². The third kappa shape index (κ3) is 5.07. The molecule has 0 atom stereocenters. The highest BCUT2D eigenvalue weighted by Gasteiger charge is 2.22. The molecule has 0 bridgehead atoms. The fourth-order valence-electron chi connectivity index (χ4n) is 2.70. The van der Waals surface area contributed by atoms with Gasteiger partial charge in [-0.2, -0.15) is 5.10 Å². The first-order valence-corrected chi connectivity index (χ1v) is 10.6. The van der Waals surface area contributed by atoms with E-state index >= 15 is 0 Å². The number of para-hydroxylation sites is 1. The Hall–Kier alpha value is -3.13. The molecule has 0 unspecified atom stereocenters. The zero-order valence-corrected chi connectivity index (χ0v) is 18.2. The van der Waals surface area contributed by atoms with Crippen LogP contribution in [0.3, 0.4) is 0 Å². The van der Waals surface area contributed by atoms with Crippen LogP contribution in [-0.4, -0.2) is 39.5 Å². The van der Waals surface area contributed by atoms with E-state index in [0.29, 0.717) is 16.4 Å². The van der Waals surface area contributed by atoms with E-state index in [1.807, 2.05) is 42.7 Å². The van der Waals surface area contributed by atoms with Crippen LogP contribution in [0.25, 0.3) is 5.69 Å². The van der Waals surface area contributed by atoms with E-state index in [-0.39, 0.29) is 5.41 Å². The minimum Gasteiger partial charge on any atom is -0.452 e. The van der Waals surface area contributed by atoms with Gasteiger partial charge in [-0.1, -0.05) is 39.0 Å². The molecular formula is C22H24N4O3S. The van der Waals surface area contributed by atoms with Gasteiger partial charge in [-0.25, -0.2) is 14.5 Å². The van der Waals surface area contributed by atoms with Crippen molar-refractivity contribution in [2.75, 3.05) is 18.2 Å². The van der Waals surface area contributed by atoms with Crippen molar-refractivity contribution in [3.63, 3.8) is 0 Å². The number of nitrogens with one attached hydrogen (secondary N) is 1. The number of amides is 1. The topological polar surface area (TPSA) is 86.1 Å². The molecule has 2 aromatic heterocycles. The number of benzene rings is 1. The molecule has 1 amide bonds. The maximum Gasteiger partial charge on any atom is 0.341 e. The number of pyridine rings is 1. The molecular weight excluding hydrogens is 400 g/mol. The number of esters is 1. The van der Waals surface area contributed by atoms with Gasteiger partial charge in [-0.05, 0) is 30.5 Å². The summed E-state index contributed by atoms with van der Waals surface area (Å²) < 4.78 is 6.86. The van der Waals surface area contributed by atoms with E-state index in [2.05, 4.69) is 36.2 Å². The molecule has 0 spiro atoms. The summed E-state index contributed by atoms with van der Waals surface area (Å²) in [5, 5.41) is 8.01. The second-order valence-corrected chi connectivity index (χ2v) is 8.39. The van der Waals surface area contributed by atoms with Gasteiger partial charge in [0.15, 0.2) is 6.61 Å². The maximum atomic E-state index is 12.5. The Labute approximate surface area is 179 Å². The van der Waals surface area contributed by atoms with Crippen molar-refractivity contribution >= 4 is 29.5 Å². The van der Waals surface area contributed by atoms with Crippen LogP contribution >= 0.6 is 11.8 Å². The summed E-state index contributed by atoms with van der Waals surface area (Å²) in [5.74, 6) is -0.525. The van der Waals surface area contributed by atoms with E-state index in [0.717, 1.165) is 11.4 Å². The lowest BCUT2D eigenvalue weighted by atomic mass is 9.92. The second kappa shape index (κ2) is 9.13. The monoisotopic (exact) mass is 424 g/mol. The second-order valence-electron chi connectivity index (χ2n) is 7.60. The van der Waals surface area contributed by atoms with Crippen molar-refractivity contribution in [3.05, 3.63) is 66.0 Å². The summed E-state index contributed by atoms with van der Waals surface area (Å²) in [6.45, 7) is 5.74. The van der Waals surface area contributed by atoms with E-state index < -0.39 is 18.5 Å². The lowest BCUT2D eigenvalue weighted by Gasteiger charge is -2.14. The predicted octanol–water partition coefficient (Wildman–Crippen LogP) is 4.08. The molecule has 1 aromatic carbocycles. The van der Waals surface area contributed by atoms with Gasteiger partial charge in [0.05, 0.1) is 16.9 Å². The standard InChI is InChI=1S/C22H24N4O3S/c1-22(2,3)17-13-18(26(25-17)15-9-6-5-7-10-15)24-19(27)14-29-21(28)16-11-8-12-23-20(16)30-4/h5-13H,14H2,1-4H3,(H,24,27). The first-order valence-electron chi connectivity index (χ1n) is 9.41. The normalized spacial score (nSPS) is 11.2. The summed E-state index contributed by atoms with van der Waals surface area (Å²) in [4.78, 5) is 29.0. The molecule has 0 saturated heterocycles. The van der Waals surface area contributed by atoms with Crippen LogP contribution in [0.4, 0.5) is 5.82 Å². The van der Waals surface area contributed by atoms with Gasteiger partial charge in [-0.15, -0.1) is 11.8 Å². The van der Waals surface area contributed by atoms with E-state index in [9.17, 15) is 9.59 Å². The number of hydrogen-bond donors (Lipinski definition) is 1. The Morgan fingerprint density at radius 1 is 1.13 bits per heavy atom. The number of rotatable bonds is 6. The molecule has 8 heteroatoms. The van der Waals surface area contributed by atoms with Gasteiger partial charge in [-0.3, -0.25) is 4.79 Å². The van der Waals surface area contributed by atoms with Crippen molar-refractivity contribution in [1.82, 2.24) is 14.8 Å². The number of ether oxygens (including phenoxy) is 1. The van der Waals surface area contributed by atoms with E-state index in [1.54, 1.807) is 23.0 Å². The molecule has 0 aliphatic carbocycles. The third-order valence-corrected chi connectivity index (χ3v) is 4.98. The SMILES string of the molecule is CSc1ncccc1C(=O)OCC(=O)Nc1cc(C(C)(C)C)nn1-c1ccccc1. The minimum atomic E-state index is -0.588. The van der Waals surface area contributed by atoms with Crippen LogP contribution in [-0.2, 0) is 14.9 Å². The Bertz CT molecular complexity index is 1040. The zero-order valence-electron chi connectivity index (χ0n) is 17.4. The highest BCUT2D eigenvalue weighted by Crippen LogP contribution is 2.26. The smallest absolute Gasteiger partial charge is 0.341 e. The number of carbonyl (C=O) groups is 2. The largest absolute Gasteiger partial charge is 0.452 e. The lowest BCUT2D eigenvalue weighted by molar-refractivity contribution is -0.119. The molecule has 0 radical (unpaired) electrons. The minimum absolute atomic E-state index is 0.194. The van der Waals surface area contributed by atoms with Crippen LogP contribution in [0, 0.1) is 0 Å². The summed E-state index contributed by atoms with van der Waals surface area (Å²) in [6.07, 6.45) is 3.43. The molecule has 0 aliphatic heterocycles. The molecule has 0 aliphatic rings. The van der Waals surface area contributed by atoms with Gasteiger partial charge >= 0.3 is 5.97 Å². The molecule has 0 saturated carbocycles. The number of nitrogens with zero attached hydrogens (tertiary/aromatic N) is 3. The molecule has 156 valence electrons. The average Bonchev–Trinajstić information content (AvgIpc) is 3.17. The van der Waals surface area contributed by atoms with Crippen molar-refractivity contribution in [3.8, 4) is 5.69 Å². The quantitative estimate of drug-likeness (QED) is 0.474. The molecule has 7 nitrogen and oxygen atoms in total. The third-order valence-electron chi connectivity index (χ3n) is 4.26. The summed E-state index contributed by atoms with van der Waals surface area (Å²) in [7, 11) is 0. The number of carbonyl (C=O) groups excluding carboxylic acids is 2. The Morgan fingerprint density at radius 2 is 1.87 bits per heavy atom. The average molecular weight is 425 g/mol. The zero-order chi connectivity index (χ0) is 21.7. The van der Waals surface area contributed by atoms with Gasteiger partial charge in [0, 0.05) is 17.7 Å². The van der Waals surface area contributed by atoms with Crippen molar-refractivity contribution in [1.29, 1.82) is 0 Å². The van der Waals surface area contributed by atoms with Crippen LogP contribution < -0.4 is 5.32 Å². The van der Waals surface area contributed by atoms with Crippen LogP contribution in [0.2, 0.25) is 0 Å². The maximum absolute atomic E-state index is 12.5. The summed E-state index contributed by atoms with van der Waals surface area (Å²) in [6, 6.07) is 14.6. The number of hydrogen-bond acceptors (Lipinski definition) is 6. The summed E-state index contributed by atoms with van der Waals surface area (Å²) >= 11 is 1.34. The molecule has 3 aromatic rings. The van der Waals surface area contributed by atoms with Gasteiger partial charge in [0.2, 0.25) is 0 Å². The highest BCUT2D eigenvalue weighted by molar-refractivity contribution is 7.98. The molecule has 0 fully saturated rings. The van der Waals surface area contributed by atoms with Crippen LogP contribution in [0.15, 0.2) is 59.8 Å². The van der Waals surface area contributed by atoms with Gasteiger partial charge in [0.1, 0.15) is 10.8 Å². The first-order chi connectivity index (χ1) is 14.3. The Morgan fingerprint density at radius 3 is 2.53 bits per heavy atom. The Kier molecular flexibility index (Phi) is 6.56. The number of anilines is 1. The fraction of sp³-hybridized carbons (Fsp3) is 0.273. The van der Waals surface area contributed by atoms with Crippen molar-refractivity contribution < 1.29 is 14.3 Å². The molecule has 30 heavy (non-hydrogen) atoms. The molecule has 3 rings (SSSR count). The van der Waals surface area contributed by atoms with Crippen LogP contribution in [0.1, 0.15) is 36.8 Å². The van der Waals surface area contributed by atoms with Crippen molar-refractivity contribution in [2.24, 2.45) is 0 Å². The molecule has 1 N–H and O–H groups in total. The Balaban J connectivity index is 1.75. The first kappa shape index (κ1) is 21.6. The summed E-state index contributed by atoms with van der Waals surface area (Å²) in [5.41, 5.74) is 1.79. The number of aromatic nitrogens is 3. The molecule has 2 heterocycles. The van der Waals surface area contributed by atoms with E-state index in [1.165, 1.54) is 11.8 Å². The van der Waals surface area contributed by atoms with E-state index in [4.69, 9.17) is 4.74 Å². The highest BCUT2D eigenvalue weighted by atomic mass is 32.2. The fourth-order valence-corrected chi connectivity index (χ4v) is 3.24. The van der Waals surface area contributed by atoms with Crippen LogP contribution in [0.5, 0.6) is 0 Å². The predicted molar refractivity (Wildman–Crippen MR) is 117 cm³/mol. The number of thioether (sulfide) groups is 1. The lowest BCUT2D eigenvalue weighted by Crippen LogP contribution is -2.22. The van der Waals surface area contributed by atoms with Gasteiger partial charge < -0.3 is 10.1 Å². The van der Waals surface area contributed by atoms with Crippen molar-refractivity contribution in [2.45, 2.75) is 31.2 Å².